The number of hydrogen-bond acceptors (Lipinski definition) is 4. The largest absolute Gasteiger partial charge is 0.379 e. The first-order chi connectivity index (χ1) is 8.08. The Morgan fingerprint density at radius 2 is 1.65 bits per heavy atom. The van der Waals surface area contributed by atoms with Gasteiger partial charge in [0.25, 0.3) is 0 Å². The SMILES string of the molecule is CC(C)(C)COCCOCCN1CCNCC1. The second-order valence-corrected chi connectivity index (χ2v) is 5.82. The van der Waals surface area contributed by atoms with Crippen molar-refractivity contribution in [3.05, 3.63) is 0 Å². The van der Waals surface area contributed by atoms with E-state index in [9.17, 15) is 0 Å². The van der Waals surface area contributed by atoms with Crippen LogP contribution in [0.3, 0.4) is 0 Å². The molecule has 0 amide bonds. The van der Waals surface area contributed by atoms with Gasteiger partial charge < -0.3 is 14.8 Å². The molecule has 0 aromatic heterocycles. The Morgan fingerprint density at radius 3 is 2.29 bits per heavy atom. The lowest BCUT2D eigenvalue weighted by Crippen LogP contribution is -2.44. The van der Waals surface area contributed by atoms with Crippen LogP contribution in [0.15, 0.2) is 0 Å². The highest BCUT2D eigenvalue weighted by molar-refractivity contribution is 4.66. The molecule has 1 N–H and O–H groups in total. The summed E-state index contributed by atoms with van der Waals surface area (Å²) in [5.41, 5.74) is 0.251. The smallest absolute Gasteiger partial charge is 0.0701 e. The first kappa shape index (κ1) is 14.9. The van der Waals surface area contributed by atoms with Gasteiger partial charge in [-0.15, -0.1) is 0 Å². The van der Waals surface area contributed by atoms with Gasteiger partial charge in [-0.3, -0.25) is 4.90 Å². The first-order valence-corrected chi connectivity index (χ1v) is 6.66. The molecular formula is C13H28N2O2. The average Bonchev–Trinajstić information content (AvgIpc) is 2.28. The Balaban J connectivity index is 1.84. The summed E-state index contributed by atoms with van der Waals surface area (Å²) in [6.07, 6.45) is 0. The zero-order valence-electron chi connectivity index (χ0n) is 11.6. The molecule has 17 heavy (non-hydrogen) atoms. The molecule has 1 rings (SSSR count). The first-order valence-electron chi connectivity index (χ1n) is 6.66. The Kier molecular flexibility index (Phi) is 7.04. The maximum Gasteiger partial charge on any atom is 0.0701 e. The maximum absolute atomic E-state index is 5.56. The molecule has 0 radical (unpaired) electrons. The molecule has 4 nitrogen and oxygen atoms in total. The highest BCUT2D eigenvalue weighted by Gasteiger charge is 2.10. The molecule has 0 aromatic rings. The van der Waals surface area contributed by atoms with Gasteiger partial charge in [0.2, 0.25) is 0 Å². The summed E-state index contributed by atoms with van der Waals surface area (Å²) in [7, 11) is 0. The molecular weight excluding hydrogens is 216 g/mol. The van der Waals surface area contributed by atoms with Crippen LogP contribution in [-0.2, 0) is 9.47 Å². The molecule has 0 atom stereocenters. The van der Waals surface area contributed by atoms with Gasteiger partial charge in [-0.25, -0.2) is 0 Å². The van der Waals surface area contributed by atoms with Crippen LogP contribution in [0.25, 0.3) is 0 Å². The van der Waals surface area contributed by atoms with Gasteiger partial charge in [0.1, 0.15) is 0 Å². The molecule has 0 unspecified atom stereocenters. The van der Waals surface area contributed by atoms with Gasteiger partial charge in [0.15, 0.2) is 0 Å². The molecule has 0 bridgehead atoms. The molecule has 1 heterocycles. The van der Waals surface area contributed by atoms with E-state index in [4.69, 9.17) is 9.47 Å². The zero-order chi connectivity index (χ0) is 12.6. The van der Waals surface area contributed by atoms with Crippen molar-refractivity contribution in [2.45, 2.75) is 20.8 Å². The summed E-state index contributed by atoms with van der Waals surface area (Å²) < 4.78 is 11.1. The summed E-state index contributed by atoms with van der Waals surface area (Å²) in [5, 5.41) is 3.34. The normalized spacial score (nSPS) is 18.5. The molecule has 0 saturated carbocycles. The second-order valence-electron chi connectivity index (χ2n) is 5.82. The van der Waals surface area contributed by atoms with Crippen molar-refractivity contribution < 1.29 is 9.47 Å². The Morgan fingerprint density at radius 1 is 1.00 bits per heavy atom. The van der Waals surface area contributed by atoms with Gasteiger partial charge in [-0.2, -0.15) is 0 Å². The monoisotopic (exact) mass is 244 g/mol. The standard InChI is InChI=1S/C13H28N2O2/c1-13(2,3)12-17-11-10-16-9-8-15-6-4-14-5-7-15/h14H,4-12H2,1-3H3. The lowest BCUT2D eigenvalue weighted by Gasteiger charge is -2.26. The molecule has 0 aliphatic carbocycles. The van der Waals surface area contributed by atoms with Crippen molar-refractivity contribution in [1.29, 1.82) is 0 Å². The van der Waals surface area contributed by atoms with Gasteiger partial charge in [0, 0.05) is 32.7 Å². The third-order valence-electron chi connectivity index (χ3n) is 2.67. The van der Waals surface area contributed by atoms with Crippen molar-refractivity contribution in [3.63, 3.8) is 0 Å². The van der Waals surface area contributed by atoms with E-state index in [1.54, 1.807) is 0 Å². The van der Waals surface area contributed by atoms with Crippen molar-refractivity contribution in [1.82, 2.24) is 10.2 Å². The highest BCUT2D eigenvalue weighted by Crippen LogP contribution is 2.12. The van der Waals surface area contributed by atoms with Crippen molar-refractivity contribution >= 4 is 0 Å². The van der Waals surface area contributed by atoms with Crippen LogP contribution in [0.2, 0.25) is 0 Å². The summed E-state index contributed by atoms with van der Waals surface area (Å²) in [6, 6.07) is 0. The van der Waals surface area contributed by atoms with Crippen LogP contribution >= 0.6 is 0 Å². The zero-order valence-corrected chi connectivity index (χ0v) is 11.6. The van der Waals surface area contributed by atoms with Crippen LogP contribution in [0.1, 0.15) is 20.8 Å². The lowest BCUT2D eigenvalue weighted by atomic mass is 9.99. The van der Waals surface area contributed by atoms with Crippen LogP contribution in [0.4, 0.5) is 0 Å². The summed E-state index contributed by atoms with van der Waals surface area (Å²) in [6.45, 7) is 15.1. The Hall–Kier alpha value is -0.160. The number of nitrogens with zero attached hydrogens (tertiary/aromatic N) is 1. The molecule has 4 heteroatoms. The quantitative estimate of drug-likeness (QED) is 0.677. The molecule has 1 aliphatic heterocycles. The fourth-order valence-corrected chi connectivity index (χ4v) is 1.73. The Bertz CT molecular complexity index is 186. The number of rotatable bonds is 7. The summed E-state index contributed by atoms with van der Waals surface area (Å²) >= 11 is 0. The topological polar surface area (TPSA) is 33.7 Å². The fraction of sp³-hybridized carbons (Fsp3) is 1.00. The van der Waals surface area contributed by atoms with Crippen LogP contribution in [-0.4, -0.2) is 64.1 Å². The predicted molar refractivity (Wildman–Crippen MR) is 70.4 cm³/mol. The molecule has 0 spiro atoms. The number of hydrogen-bond donors (Lipinski definition) is 1. The van der Waals surface area contributed by atoms with Crippen molar-refractivity contribution in [2.24, 2.45) is 5.41 Å². The number of nitrogens with one attached hydrogen (secondary N) is 1. The third kappa shape index (κ3) is 8.55. The maximum atomic E-state index is 5.56. The van der Waals surface area contributed by atoms with E-state index in [1.807, 2.05) is 0 Å². The predicted octanol–water partition coefficient (Wildman–Crippen LogP) is 0.971. The van der Waals surface area contributed by atoms with E-state index in [-0.39, 0.29) is 5.41 Å². The van der Waals surface area contributed by atoms with E-state index < -0.39 is 0 Å². The van der Waals surface area contributed by atoms with Gasteiger partial charge >= 0.3 is 0 Å². The van der Waals surface area contributed by atoms with Gasteiger partial charge in [-0.1, -0.05) is 20.8 Å². The van der Waals surface area contributed by atoms with Gasteiger partial charge in [-0.05, 0) is 5.41 Å². The molecule has 1 saturated heterocycles. The Labute approximate surface area is 106 Å². The minimum Gasteiger partial charge on any atom is -0.379 e. The van der Waals surface area contributed by atoms with E-state index in [0.717, 1.165) is 45.9 Å². The van der Waals surface area contributed by atoms with E-state index in [2.05, 4.69) is 31.0 Å². The van der Waals surface area contributed by atoms with E-state index >= 15 is 0 Å². The molecule has 0 aromatic carbocycles. The van der Waals surface area contributed by atoms with Crippen molar-refractivity contribution in [3.8, 4) is 0 Å². The minimum atomic E-state index is 0.251. The summed E-state index contributed by atoms with van der Waals surface area (Å²) in [4.78, 5) is 2.44. The van der Waals surface area contributed by atoms with E-state index in [1.165, 1.54) is 0 Å². The van der Waals surface area contributed by atoms with Crippen LogP contribution in [0, 0.1) is 5.41 Å². The number of piperazine rings is 1. The average molecular weight is 244 g/mol. The van der Waals surface area contributed by atoms with Crippen molar-refractivity contribution in [2.75, 3.05) is 59.2 Å². The number of ether oxygens (including phenoxy) is 2. The highest BCUT2D eigenvalue weighted by atomic mass is 16.5. The third-order valence-corrected chi connectivity index (χ3v) is 2.67. The van der Waals surface area contributed by atoms with E-state index in [0.29, 0.717) is 13.2 Å². The fourth-order valence-electron chi connectivity index (χ4n) is 1.73. The van der Waals surface area contributed by atoms with Crippen LogP contribution in [0.5, 0.6) is 0 Å². The molecule has 1 fully saturated rings. The van der Waals surface area contributed by atoms with Gasteiger partial charge in [0.05, 0.1) is 26.4 Å². The lowest BCUT2D eigenvalue weighted by molar-refractivity contribution is 0.0136. The summed E-state index contributed by atoms with van der Waals surface area (Å²) in [5.74, 6) is 0. The second kappa shape index (κ2) is 8.03. The molecule has 102 valence electrons. The van der Waals surface area contributed by atoms with Crippen LogP contribution < -0.4 is 5.32 Å². The molecule has 1 aliphatic rings. The minimum absolute atomic E-state index is 0.251.